The van der Waals surface area contributed by atoms with Gasteiger partial charge in [-0.1, -0.05) is 159 Å². The molecule has 2 aliphatic rings. The van der Waals surface area contributed by atoms with E-state index in [-0.39, 0.29) is 33.0 Å². The van der Waals surface area contributed by atoms with Gasteiger partial charge in [-0.15, -0.1) is 37.9 Å². The van der Waals surface area contributed by atoms with Crippen molar-refractivity contribution in [2.45, 2.75) is 119 Å². The molecule has 0 saturated carbocycles. The van der Waals surface area contributed by atoms with Crippen LogP contribution in [0, 0.1) is 0 Å². The number of alkyl halides is 1. The predicted octanol–water partition coefficient (Wildman–Crippen LogP) is 15.2. The summed E-state index contributed by atoms with van der Waals surface area (Å²) in [6.45, 7) is 29.0. The Morgan fingerprint density at radius 1 is 0.511 bits per heavy atom. The lowest BCUT2D eigenvalue weighted by Crippen LogP contribution is -2.80. The molecule has 0 aliphatic carbocycles. The van der Waals surface area contributed by atoms with E-state index in [4.69, 9.17) is 70.5 Å². The molecular formula is C65H110Cl2NO17P3. The van der Waals surface area contributed by atoms with Crippen LogP contribution in [0.2, 0.25) is 0 Å². The molecular weight excluding hydrogens is 1230 g/mol. The standard InChI is InChI=1S/C14H24NO5P.C13H19O5P.C11H16O2.C7H7Cl.C4H10O2.4C3H6.C2H4ClO3P.C2H6/c1-15-9-12-20-21(16,17)19-11-6-5-10-18-13-14-7-3-2-4-8-14;14-19(17-10-11-18-19)16-9-5-4-8-15-12-13-6-2-1-3-7-13;12-8-4-5-9-13-10-11-6-2-1-3-7-11;8-6-7-4-2-1-3-5-7;5-3-1-2-4-6;4*1-3-2;3-7(4)5-1-2-6-7;1-2/h2-4,7-8,15H,5-6,9-13H2,1H3,(H,16,17);1-3,6-7H,4-5,8-12H2;1-3,6-7,12H,4-5,8-10H2;1-5H,6H2;5-6H,1-4H2;4*3H,1H2,2H3;1-2H2;1-2H3. The number of halogens is 2. The van der Waals surface area contributed by atoms with Gasteiger partial charge in [0.05, 0.1) is 73.1 Å². The van der Waals surface area contributed by atoms with E-state index in [0.717, 1.165) is 62.7 Å². The number of phosphoric ester groups is 2. The minimum absolute atomic E-state index is 0.130. The summed E-state index contributed by atoms with van der Waals surface area (Å²) in [4.78, 5) is 11.3. The zero-order chi connectivity index (χ0) is 66.9. The van der Waals surface area contributed by atoms with Gasteiger partial charge in [0.25, 0.3) is 7.82 Å². The van der Waals surface area contributed by atoms with E-state index in [0.29, 0.717) is 84.9 Å². The lowest BCUT2D eigenvalue weighted by Gasteiger charge is -2.22. The molecule has 18 nitrogen and oxygen atoms in total. The summed E-state index contributed by atoms with van der Waals surface area (Å²) in [6.07, 6.45) is 13.2. The third-order valence-corrected chi connectivity index (χ3v) is 13.6. The second-order valence-corrected chi connectivity index (χ2v) is 23.2. The molecule has 2 fully saturated rings. The van der Waals surface area contributed by atoms with Gasteiger partial charge in [0.1, 0.15) is 6.61 Å². The summed E-state index contributed by atoms with van der Waals surface area (Å²) in [7, 11) is -5.51. The van der Waals surface area contributed by atoms with Crippen molar-refractivity contribution >= 4 is 45.4 Å². The Kier molecular flexibility index (Phi) is 78.6. The van der Waals surface area contributed by atoms with E-state index in [2.05, 4.69) is 39.9 Å². The number of nitrogens with two attached hydrogens (primary N) is 1. The van der Waals surface area contributed by atoms with Crippen LogP contribution in [0.4, 0.5) is 0 Å². The van der Waals surface area contributed by atoms with Crippen LogP contribution in [0.3, 0.4) is 0 Å². The second kappa shape index (κ2) is 74.2. The molecule has 0 spiro atoms. The maximum absolute atomic E-state index is 11.6. The molecule has 2 heterocycles. The van der Waals surface area contributed by atoms with Crippen molar-refractivity contribution < 1.29 is 85.1 Å². The van der Waals surface area contributed by atoms with Crippen LogP contribution in [-0.4, -0.2) is 115 Å². The lowest BCUT2D eigenvalue weighted by molar-refractivity contribution is -0.627. The van der Waals surface area contributed by atoms with Crippen LogP contribution in [0.25, 0.3) is 0 Å². The summed E-state index contributed by atoms with van der Waals surface area (Å²) in [5, 5.41) is 26.5. The molecule has 506 valence electrons. The number of unbranched alkanes of at least 4 members (excludes halogenated alkanes) is 4. The van der Waals surface area contributed by atoms with Crippen molar-refractivity contribution in [3.8, 4) is 0 Å². The molecule has 0 bridgehead atoms. The van der Waals surface area contributed by atoms with Gasteiger partial charge in [-0.3, -0.25) is 27.2 Å². The highest BCUT2D eigenvalue weighted by Crippen LogP contribution is 2.56. The van der Waals surface area contributed by atoms with Crippen molar-refractivity contribution in [2.24, 2.45) is 0 Å². The van der Waals surface area contributed by atoms with Gasteiger partial charge in [0, 0.05) is 56.8 Å². The fraction of sp³-hybridized carbons (Fsp3) is 0.508. The van der Waals surface area contributed by atoms with Crippen LogP contribution < -0.4 is 10.2 Å². The van der Waals surface area contributed by atoms with Crippen LogP contribution in [0.5, 0.6) is 0 Å². The van der Waals surface area contributed by atoms with Gasteiger partial charge in [-0.2, -0.15) is 0 Å². The van der Waals surface area contributed by atoms with Crippen molar-refractivity contribution in [2.75, 3.05) is 99.5 Å². The number of quaternary nitrogens is 1. The molecule has 5 N–H and O–H groups in total. The van der Waals surface area contributed by atoms with Gasteiger partial charge in [-0.25, -0.2) is 9.13 Å². The molecule has 4 aromatic carbocycles. The topological polar surface area (TPSA) is 244 Å². The van der Waals surface area contributed by atoms with E-state index in [1.54, 1.807) is 24.3 Å². The highest BCUT2D eigenvalue weighted by Gasteiger charge is 2.31. The summed E-state index contributed by atoms with van der Waals surface area (Å²) in [5.41, 5.74) is 4.66. The van der Waals surface area contributed by atoms with Crippen LogP contribution in [-0.2, 0) is 85.3 Å². The third kappa shape index (κ3) is 73.2. The molecule has 88 heavy (non-hydrogen) atoms. The summed E-state index contributed by atoms with van der Waals surface area (Å²) >= 11 is 10.6. The zero-order valence-electron chi connectivity index (χ0n) is 53.8. The Morgan fingerprint density at radius 2 is 0.795 bits per heavy atom. The van der Waals surface area contributed by atoms with Crippen molar-refractivity contribution in [1.29, 1.82) is 0 Å². The molecule has 1 unspecified atom stereocenters. The first kappa shape index (κ1) is 93.2. The number of hydrogen-bond donors (Lipinski definition) is 4. The first-order valence-corrected chi connectivity index (χ1v) is 35.5. The number of rotatable bonds is 30. The molecule has 2 aliphatic heterocycles. The quantitative estimate of drug-likeness (QED) is 0.0164. The number of hydrogen-bond acceptors (Lipinski definition) is 17. The second-order valence-electron chi connectivity index (χ2n) is 17.2. The number of ether oxygens (including phenoxy) is 3. The Labute approximate surface area is 540 Å². The normalized spacial score (nSPS) is 13.0. The van der Waals surface area contributed by atoms with Crippen LogP contribution >= 0.6 is 45.4 Å². The third-order valence-electron chi connectivity index (χ3n) is 9.27. The lowest BCUT2D eigenvalue weighted by atomic mass is 10.2. The van der Waals surface area contributed by atoms with Gasteiger partial charge in [-0.05, 0) is 101 Å². The molecule has 4 aromatic rings. The maximum Gasteiger partial charge on any atom is 0.474 e. The molecule has 23 heteroatoms. The first-order valence-electron chi connectivity index (χ1n) is 29.6. The molecule has 6 rings (SSSR count). The number of aliphatic hydroxyl groups excluding tert-OH is 3. The molecule has 0 radical (unpaired) electrons. The van der Waals surface area contributed by atoms with Gasteiger partial charge < -0.3 is 48.8 Å². The highest BCUT2D eigenvalue weighted by molar-refractivity contribution is 7.81. The Morgan fingerprint density at radius 3 is 1.09 bits per heavy atom. The fourth-order valence-corrected chi connectivity index (χ4v) is 8.60. The Hall–Kier alpha value is -3.49. The van der Waals surface area contributed by atoms with Crippen molar-refractivity contribution in [1.82, 2.24) is 0 Å². The number of likely N-dealkylation sites (N-methyl/N-ethyl adjacent to an activating group) is 1. The maximum atomic E-state index is 11.6. The van der Waals surface area contributed by atoms with E-state index in [1.807, 2.05) is 175 Å². The number of aliphatic hydroxyl groups is 3. The minimum Gasteiger partial charge on any atom is -0.756 e. The first-order chi connectivity index (χ1) is 42.6. The van der Waals surface area contributed by atoms with E-state index in [1.165, 1.54) is 11.1 Å². The van der Waals surface area contributed by atoms with E-state index >= 15 is 0 Å². The summed E-state index contributed by atoms with van der Waals surface area (Å²) in [5.74, 6) is 0.612. The largest absolute Gasteiger partial charge is 0.756 e. The van der Waals surface area contributed by atoms with Crippen molar-refractivity contribution in [3.63, 3.8) is 0 Å². The van der Waals surface area contributed by atoms with Gasteiger partial charge in [0.15, 0.2) is 0 Å². The molecule has 1 atom stereocenters. The van der Waals surface area contributed by atoms with Crippen LogP contribution in [0.1, 0.15) is 115 Å². The number of benzene rings is 4. The van der Waals surface area contributed by atoms with Gasteiger partial charge >= 0.3 is 14.8 Å². The fourth-order valence-electron chi connectivity index (χ4n) is 5.42. The monoisotopic (exact) mass is 1340 g/mol. The van der Waals surface area contributed by atoms with Gasteiger partial charge in [0.2, 0.25) is 0 Å². The SMILES string of the molecule is C=CC.C=CC.C=CC.C=CC.CC.C[NH2+]CCOP(=O)([O-])OCCCCOCc1ccccc1.ClCc1ccccc1.O=P1(Cl)OCCO1.O=P1(OCCCCOCc2ccccc2)OCCO1.OCCCCO.OCCCCOCc1ccccc1. The van der Waals surface area contributed by atoms with Crippen LogP contribution in [0.15, 0.2) is 172 Å². The highest BCUT2D eigenvalue weighted by atomic mass is 35.7. The summed E-state index contributed by atoms with van der Waals surface area (Å²) < 4.78 is 82.9. The Balaban J connectivity index is -0.000000313. The zero-order valence-corrected chi connectivity index (χ0v) is 58.0. The number of allylic oxidation sites excluding steroid dienone is 4. The average Bonchev–Trinajstić information content (AvgIpc) is 4.27. The minimum atomic E-state index is -4.14. The van der Waals surface area contributed by atoms with E-state index in [9.17, 15) is 18.6 Å². The summed E-state index contributed by atoms with van der Waals surface area (Å²) in [6, 6.07) is 40.0. The smallest absolute Gasteiger partial charge is 0.474 e. The van der Waals surface area contributed by atoms with Crippen molar-refractivity contribution in [3.05, 3.63) is 194 Å². The molecule has 2 saturated heterocycles. The van der Waals surface area contributed by atoms with E-state index < -0.39 is 22.6 Å². The Bertz CT molecular complexity index is 2150. The average molecular weight is 1340 g/mol. The molecule has 0 aromatic heterocycles. The predicted molar refractivity (Wildman–Crippen MR) is 360 cm³/mol. The number of phosphoric acid groups is 2. The molecule has 0 amide bonds.